The molecule has 36 heavy (non-hydrogen) atoms. The van der Waals surface area contributed by atoms with Crippen molar-refractivity contribution in [2.24, 2.45) is 5.41 Å². The highest BCUT2D eigenvalue weighted by Crippen LogP contribution is 2.58. The van der Waals surface area contributed by atoms with Crippen molar-refractivity contribution in [2.75, 3.05) is 24.7 Å². The fraction of sp³-hybridized carbons (Fsp3) is 0.375. The van der Waals surface area contributed by atoms with Gasteiger partial charge in [-0.15, -0.1) is 0 Å². The van der Waals surface area contributed by atoms with Gasteiger partial charge in [-0.2, -0.15) is 0 Å². The molecule has 0 radical (unpaired) electrons. The van der Waals surface area contributed by atoms with Crippen LogP contribution >= 0.6 is 0 Å². The summed E-state index contributed by atoms with van der Waals surface area (Å²) in [7, 11) is 2.94. The Bertz CT molecular complexity index is 1420. The van der Waals surface area contributed by atoms with Gasteiger partial charge in [-0.1, -0.05) is 6.92 Å². The van der Waals surface area contributed by atoms with E-state index in [0.717, 1.165) is 6.20 Å². The summed E-state index contributed by atoms with van der Waals surface area (Å²) in [4.78, 5) is 46.3. The molecule has 3 N–H and O–H groups in total. The van der Waals surface area contributed by atoms with Crippen molar-refractivity contribution < 1.29 is 23.1 Å². The van der Waals surface area contributed by atoms with Crippen molar-refractivity contribution in [2.45, 2.75) is 38.7 Å². The van der Waals surface area contributed by atoms with Gasteiger partial charge in [-0.25, -0.2) is 18.2 Å². The van der Waals surface area contributed by atoms with E-state index in [4.69, 9.17) is 0 Å². The third-order valence-electron chi connectivity index (χ3n) is 6.37. The van der Waals surface area contributed by atoms with Crippen molar-refractivity contribution in [3.63, 3.8) is 0 Å². The zero-order valence-electron chi connectivity index (χ0n) is 19.9. The Morgan fingerprint density at radius 3 is 2.39 bits per heavy atom. The van der Waals surface area contributed by atoms with Crippen LogP contribution in [0.1, 0.15) is 47.6 Å². The first-order chi connectivity index (χ1) is 16.7. The molecule has 4 rings (SSSR count). The second-order valence-electron chi connectivity index (χ2n) is 9.59. The van der Waals surface area contributed by atoms with E-state index in [-0.39, 0.29) is 28.5 Å². The fourth-order valence-electron chi connectivity index (χ4n) is 4.61. The van der Waals surface area contributed by atoms with Crippen LogP contribution in [0, 0.1) is 18.2 Å². The number of hydrogen-bond acceptors (Lipinski definition) is 8. The molecule has 1 atom stereocenters. The second-order valence-corrected chi connectivity index (χ2v) is 9.59. The minimum absolute atomic E-state index is 0.0561. The minimum Gasteiger partial charge on any atom is -0.504 e. The fourth-order valence-corrected chi connectivity index (χ4v) is 4.61. The average Bonchev–Trinajstić information content (AvgIpc) is 2.78. The van der Waals surface area contributed by atoms with Gasteiger partial charge in [0.15, 0.2) is 11.4 Å². The lowest BCUT2D eigenvalue weighted by molar-refractivity contribution is -0.161. The Labute approximate surface area is 203 Å². The van der Waals surface area contributed by atoms with Crippen LogP contribution in [0.5, 0.6) is 5.75 Å². The normalized spacial score (nSPS) is 16.8. The maximum absolute atomic E-state index is 13.9. The van der Waals surface area contributed by atoms with Crippen molar-refractivity contribution in [3.8, 4) is 5.75 Å². The highest BCUT2D eigenvalue weighted by molar-refractivity contribution is 5.97. The van der Waals surface area contributed by atoms with Crippen LogP contribution in [0.25, 0.3) is 0 Å². The number of carbonyl (C=O) groups is 1. The van der Waals surface area contributed by atoms with Gasteiger partial charge in [0.1, 0.15) is 17.2 Å². The molecule has 1 saturated carbocycles. The maximum atomic E-state index is 13.9. The van der Waals surface area contributed by atoms with Crippen LogP contribution < -0.4 is 21.5 Å². The molecule has 0 unspecified atom stereocenters. The largest absolute Gasteiger partial charge is 0.504 e. The number of rotatable bonds is 7. The molecular formula is C24H24F3N5O4. The Balaban J connectivity index is 1.71. The minimum atomic E-state index is -2.91. The Hall–Kier alpha value is -3.96. The summed E-state index contributed by atoms with van der Waals surface area (Å²) >= 11 is 0. The molecule has 1 amide bonds. The van der Waals surface area contributed by atoms with Crippen LogP contribution in [0.4, 0.5) is 30.2 Å². The van der Waals surface area contributed by atoms with Crippen LogP contribution in [0.15, 0.2) is 34.1 Å². The van der Waals surface area contributed by atoms with Gasteiger partial charge >= 0.3 is 0 Å². The first-order valence-corrected chi connectivity index (χ1v) is 11.0. The van der Waals surface area contributed by atoms with Gasteiger partial charge in [0, 0.05) is 38.5 Å². The summed E-state index contributed by atoms with van der Waals surface area (Å²) < 4.78 is 41.5. The predicted octanol–water partition coefficient (Wildman–Crippen LogP) is 3.26. The van der Waals surface area contributed by atoms with E-state index < -0.39 is 58.6 Å². The van der Waals surface area contributed by atoms with Crippen molar-refractivity contribution in [3.05, 3.63) is 67.7 Å². The van der Waals surface area contributed by atoms with E-state index in [2.05, 4.69) is 20.6 Å². The lowest BCUT2D eigenvalue weighted by Gasteiger charge is -2.50. The lowest BCUT2D eigenvalue weighted by atomic mass is 9.61. The van der Waals surface area contributed by atoms with Crippen LogP contribution in [0.3, 0.4) is 0 Å². The highest BCUT2D eigenvalue weighted by Gasteiger charge is 2.58. The third kappa shape index (κ3) is 4.27. The molecule has 2 aromatic heterocycles. The van der Waals surface area contributed by atoms with Crippen LogP contribution in [0.2, 0.25) is 0 Å². The molecule has 2 heterocycles. The third-order valence-corrected chi connectivity index (χ3v) is 6.37. The maximum Gasteiger partial charge on any atom is 0.275 e. The Morgan fingerprint density at radius 2 is 1.81 bits per heavy atom. The Morgan fingerprint density at radius 1 is 1.17 bits per heavy atom. The number of aryl methyl sites for hydroxylation is 1. The molecule has 0 aliphatic heterocycles. The molecule has 12 heteroatoms. The number of amides is 1. The number of pyridine rings is 2. The highest BCUT2D eigenvalue weighted by atomic mass is 19.3. The Kier molecular flexibility index (Phi) is 6.01. The molecule has 190 valence electrons. The average molecular weight is 503 g/mol. The van der Waals surface area contributed by atoms with Crippen LogP contribution in [-0.4, -0.2) is 45.9 Å². The summed E-state index contributed by atoms with van der Waals surface area (Å²) in [5.41, 5.74) is -2.94. The van der Waals surface area contributed by atoms with Gasteiger partial charge in [0.25, 0.3) is 16.8 Å². The predicted molar refractivity (Wildman–Crippen MR) is 126 cm³/mol. The first-order valence-electron chi connectivity index (χ1n) is 11.0. The summed E-state index contributed by atoms with van der Waals surface area (Å²) in [5, 5.41) is 16.1. The number of alkyl halides is 2. The first kappa shape index (κ1) is 25.1. The molecule has 9 nitrogen and oxygen atoms in total. The van der Waals surface area contributed by atoms with Gasteiger partial charge in [0.05, 0.1) is 23.6 Å². The van der Waals surface area contributed by atoms with Crippen molar-refractivity contribution in [1.82, 2.24) is 14.9 Å². The summed E-state index contributed by atoms with van der Waals surface area (Å²) in [6.07, 6.45) is 1.19. The lowest BCUT2D eigenvalue weighted by Crippen LogP contribution is -2.51. The standard InChI is InChI=1S/C24H24F3N5O4/c1-11-7-12(25)8-29-14(11)21(23(2)9-24(26,27)10-23)31-16-15(19(34)20(16)35)30-13-5-6-28-17(18(13)33)22(36)32(3)4/h5-8,21,31,33H,9-10H2,1-4H3,(H,28,30)/t21-/m0/s1. The summed E-state index contributed by atoms with van der Waals surface area (Å²) in [5.74, 6) is -4.63. The molecular weight excluding hydrogens is 479 g/mol. The monoisotopic (exact) mass is 503 g/mol. The van der Waals surface area contributed by atoms with E-state index in [0.29, 0.717) is 5.56 Å². The molecule has 3 aromatic rings. The van der Waals surface area contributed by atoms with E-state index in [1.807, 2.05) is 0 Å². The molecule has 0 saturated heterocycles. The zero-order chi connectivity index (χ0) is 26.6. The van der Waals surface area contributed by atoms with Gasteiger partial charge in [0.2, 0.25) is 5.92 Å². The quantitative estimate of drug-likeness (QED) is 0.420. The smallest absolute Gasteiger partial charge is 0.275 e. The number of halogens is 3. The molecule has 0 bridgehead atoms. The molecule has 1 aromatic carbocycles. The van der Waals surface area contributed by atoms with Gasteiger partial charge in [-0.05, 0) is 24.6 Å². The number of anilines is 3. The zero-order valence-corrected chi connectivity index (χ0v) is 19.9. The van der Waals surface area contributed by atoms with E-state index >= 15 is 0 Å². The van der Waals surface area contributed by atoms with Crippen molar-refractivity contribution >= 4 is 23.0 Å². The number of nitrogens with zero attached hydrogens (tertiary/aromatic N) is 3. The SMILES string of the molecule is Cc1cc(F)cnc1[C@H](Nc1c(Nc2ccnc(C(=O)N(C)C)c2O)c(=O)c1=O)C1(C)CC(F)(F)C1. The van der Waals surface area contributed by atoms with Crippen LogP contribution in [-0.2, 0) is 0 Å². The van der Waals surface area contributed by atoms with Crippen molar-refractivity contribution in [1.29, 1.82) is 0 Å². The molecule has 0 spiro atoms. The molecule has 1 aliphatic carbocycles. The number of aromatic nitrogens is 2. The van der Waals surface area contributed by atoms with E-state index in [1.165, 1.54) is 37.3 Å². The summed E-state index contributed by atoms with van der Waals surface area (Å²) in [6.45, 7) is 3.17. The molecule has 1 fully saturated rings. The van der Waals surface area contributed by atoms with Gasteiger partial charge < -0.3 is 20.6 Å². The second kappa shape index (κ2) is 8.61. The van der Waals surface area contributed by atoms with E-state index in [9.17, 15) is 32.7 Å². The van der Waals surface area contributed by atoms with E-state index in [1.54, 1.807) is 13.8 Å². The number of carbonyl (C=O) groups excluding carboxylic acids is 1. The number of nitrogens with one attached hydrogen (secondary N) is 2. The number of hydrogen-bond donors (Lipinski definition) is 3. The molecule has 1 aliphatic rings. The topological polar surface area (TPSA) is 125 Å². The van der Waals surface area contributed by atoms with Gasteiger partial charge in [-0.3, -0.25) is 19.4 Å². The number of aromatic hydroxyl groups is 1. The summed E-state index contributed by atoms with van der Waals surface area (Å²) in [6, 6.07) is 1.56.